The predicted molar refractivity (Wildman–Crippen MR) is 157 cm³/mol. The van der Waals surface area contributed by atoms with Gasteiger partial charge in [-0.2, -0.15) is 0 Å². The van der Waals surface area contributed by atoms with Crippen LogP contribution in [-0.2, 0) is 16.1 Å². The third-order valence-corrected chi connectivity index (χ3v) is 6.98. The summed E-state index contributed by atoms with van der Waals surface area (Å²) in [5, 5.41) is 0. The summed E-state index contributed by atoms with van der Waals surface area (Å²) in [5.41, 5.74) is 4.95. The van der Waals surface area contributed by atoms with Crippen LogP contribution in [0, 0.1) is 3.57 Å². The van der Waals surface area contributed by atoms with Crippen LogP contribution in [0.1, 0.15) is 16.7 Å². The molecule has 5 rings (SSSR count). The third-order valence-electron chi connectivity index (χ3n) is 5.69. The molecule has 184 valence electrons. The Bertz CT molecular complexity index is 1510. The largest absolute Gasteiger partial charge is 0.493 e. The Balaban J connectivity index is 1.36. The van der Waals surface area contributed by atoms with Gasteiger partial charge in [0.25, 0.3) is 0 Å². The van der Waals surface area contributed by atoms with Gasteiger partial charge in [-0.05, 0) is 87.3 Å². The fourth-order valence-electron chi connectivity index (χ4n) is 3.87. The van der Waals surface area contributed by atoms with E-state index in [1.807, 2.05) is 78.9 Å². The summed E-state index contributed by atoms with van der Waals surface area (Å²) in [4.78, 5) is 17.0. The number of benzene rings is 4. The number of carbonyl (C=O) groups is 1. The van der Waals surface area contributed by atoms with Crippen molar-refractivity contribution >= 4 is 56.5 Å². The number of halogens is 2. The molecular weight excluding hydrogens is 645 g/mol. The van der Waals surface area contributed by atoms with Crippen LogP contribution < -0.4 is 9.47 Å². The number of nitrogens with zero attached hydrogens (tertiary/aromatic N) is 1. The van der Waals surface area contributed by atoms with E-state index in [1.165, 1.54) is 0 Å². The molecule has 0 N–H and O–H groups in total. The zero-order valence-corrected chi connectivity index (χ0v) is 23.5. The zero-order valence-electron chi connectivity index (χ0n) is 19.8. The van der Waals surface area contributed by atoms with Gasteiger partial charge in [0.2, 0.25) is 5.90 Å². The second kappa shape index (κ2) is 11.3. The molecule has 4 aromatic carbocycles. The van der Waals surface area contributed by atoms with Crippen molar-refractivity contribution in [3.8, 4) is 22.6 Å². The fourth-order valence-corrected chi connectivity index (χ4v) is 5.10. The highest BCUT2D eigenvalue weighted by atomic mass is 127. The summed E-state index contributed by atoms with van der Waals surface area (Å²) in [6, 6.07) is 29.6. The van der Waals surface area contributed by atoms with Crippen LogP contribution in [0.15, 0.2) is 106 Å². The second-order valence-corrected chi connectivity index (χ2v) is 10.3. The standard InChI is InChI=1S/C30H21BrINO4/c1-35-27-17-20(15-25(32)28(27)36-18-19-6-5-9-24(31)14-19)16-26-30(34)37-29(33-26)23-12-10-22(11-13-23)21-7-3-2-4-8-21/h2-17H,18H2,1H3/b26-16-. The van der Waals surface area contributed by atoms with Crippen LogP contribution in [0.5, 0.6) is 11.5 Å². The van der Waals surface area contributed by atoms with Crippen LogP contribution in [0.3, 0.4) is 0 Å². The van der Waals surface area contributed by atoms with E-state index in [1.54, 1.807) is 13.2 Å². The molecule has 4 aromatic rings. The van der Waals surface area contributed by atoms with Gasteiger partial charge < -0.3 is 14.2 Å². The lowest BCUT2D eigenvalue weighted by Crippen LogP contribution is -2.05. The van der Waals surface area contributed by atoms with E-state index in [-0.39, 0.29) is 11.6 Å². The number of esters is 1. The monoisotopic (exact) mass is 665 g/mol. The van der Waals surface area contributed by atoms with E-state index in [4.69, 9.17) is 14.2 Å². The number of aliphatic imine (C=N–C) groups is 1. The number of carbonyl (C=O) groups excluding carboxylic acids is 1. The summed E-state index contributed by atoms with van der Waals surface area (Å²) in [7, 11) is 1.59. The number of hydrogen-bond donors (Lipinski definition) is 0. The Kier molecular flexibility index (Phi) is 7.71. The molecule has 0 radical (unpaired) electrons. The zero-order chi connectivity index (χ0) is 25.8. The van der Waals surface area contributed by atoms with Gasteiger partial charge in [-0.15, -0.1) is 0 Å². The van der Waals surface area contributed by atoms with Gasteiger partial charge in [0.15, 0.2) is 17.2 Å². The van der Waals surface area contributed by atoms with Crippen LogP contribution >= 0.6 is 38.5 Å². The van der Waals surface area contributed by atoms with Crippen LogP contribution in [0.4, 0.5) is 0 Å². The highest BCUT2D eigenvalue weighted by Gasteiger charge is 2.24. The summed E-state index contributed by atoms with van der Waals surface area (Å²) >= 11 is 5.68. The average Bonchev–Trinajstić information content (AvgIpc) is 3.28. The minimum absolute atomic E-state index is 0.225. The van der Waals surface area contributed by atoms with Gasteiger partial charge in [0.05, 0.1) is 10.7 Å². The first-order valence-electron chi connectivity index (χ1n) is 11.4. The molecule has 7 heteroatoms. The summed E-state index contributed by atoms with van der Waals surface area (Å²) in [6.07, 6.45) is 1.69. The molecule has 0 saturated carbocycles. The topological polar surface area (TPSA) is 57.1 Å². The van der Waals surface area contributed by atoms with Gasteiger partial charge in [-0.3, -0.25) is 0 Å². The first kappa shape index (κ1) is 25.2. The maximum absolute atomic E-state index is 12.6. The maximum atomic E-state index is 12.6. The number of methoxy groups -OCH3 is 1. The van der Waals surface area contributed by atoms with Gasteiger partial charge in [0.1, 0.15) is 6.61 Å². The van der Waals surface area contributed by atoms with E-state index in [2.05, 4.69) is 55.6 Å². The van der Waals surface area contributed by atoms with Crippen LogP contribution in [-0.4, -0.2) is 19.0 Å². The Labute approximate surface area is 237 Å². The summed E-state index contributed by atoms with van der Waals surface area (Å²) < 4.78 is 19.0. The molecule has 1 heterocycles. The van der Waals surface area contributed by atoms with Gasteiger partial charge in [-0.1, -0.05) is 70.5 Å². The second-order valence-electron chi connectivity index (χ2n) is 8.23. The highest BCUT2D eigenvalue weighted by molar-refractivity contribution is 14.1. The van der Waals surface area contributed by atoms with Crippen molar-refractivity contribution in [3.63, 3.8) is 0 Å². The predicted octanol–water partition coefficient (Wildman–Crippen LogP) is 7.65. The van der Waals surface area contributed by atoms with Crippen molar-refractivity contribution in [3.05, 3.63) is 121 Å². The Hall–Kier alpha value is -3.43. The van der Waals surface area contributed by atoms with Crippen LogP contribution in [0.25, 0.3) is 17.2 Å². The Morgan fingerprint density at radius 2 is 1.65 bits per heavy atom. The summed E-state index contributed by atoms with van der Waals surface area (Å²) in [5.74, 6) is 1.00. The molecule has 5 nitrogen and oxygen atoms in total. The van der Waals surface area contributed by atoms with Crippen molar-refractivity contribution in [2.45, 2.75) is 6.61 Å². The normalized spacial score (nSPS) is 13.9. The van der Waals surface area contributed by atoms with Crippen molar-refractivity contribution in [2.75, 3.05) is 7.11 Å². The molecule has 0 aromatic heterocycles. The number of rotatable bonds is 7. The molecule has 0 fully saturated rings. The third kappa shape index (κ3) is 5.94. The van der Waals surface area contributed by atoms with Gasteiger partial charge in [0, 0.05) is 10.0 Å². The lowest BCUT2D eigenvalue weighted by Gasteiger charge is -2.14. The highest BCUT2D eigenvalue weighted by Crippen LogP contribution is 2.36. The van der Waals surface area contributed by atoms with Gasteiger partial charge in [-0.25, -0.2) is 9.79 Å². The first-order valence-corrected chi connectivity index (χ1v) is 13.3. The molecule has 1 aliphatic rings. The Morgan fingerprint density at radius 3 is 2.38 bits per heavy atom. The molecule has 37 heavy (non-hydrogen) atoms. The van der Waals surface area contributed by atoms with Crippen molar-refractivity contribution < 1.29 is 19.0 Å². The molecule has 0 atom stereocenters. The smallest absolute Gasteiger partial charge is 0.363 e. The van der Waals surface area contributed by atoms with Crippen molar-refractivity contribution in [1.82, 2.24) is 0 Å². The number of hydrogen-bond acceptors (Lipinski definition) is 5. The molecule has 1 aliphatic heterocycles. The lowest BCUT2D eigenvalue weighted by atomic mass is 10.0. The number of ether oxygens (including phenoxy) is 3. The summed E-state index contributed by atoms with van der Waals surface area (Å²) in [6.45, 7) is 0.398. The van der Waals surface area contributed by atoms with E-state index in [0.717, 1.165) is 35.9 Å². The molecular formula is C30H21BrINO4. The molecule has 0 spiro atoms. The first-order chi connectivity index (χ1) is 18.0. The fraction of sp³-hybridized carbons (Fsp3) is 0.0667. The van der Waals surface area contributed by atoms with Crippen molar-refractivity contribution in [2.24, 2.45) is 4.99 Å². The molecule has 0 unspecified atom stereocenters. The van der Waals surface area contributed by atoms with E-state index < -0.39 is 5.97 Å². The number of cyclic esters (lactones) is 1. The molecule has 0 aliphatic carbocycles. The SMILES string of the molecule is COc1cc(/C=C2\N=C(c3ccc(-c4ccccc4)cc3)OC2=O)cc(I)c1OCc1cccc(Br)c1. The lowest BCUT2D eigenvalue weighted by molar-refractivity contribution is -0.129. The molecule has 0 amide bonds. The maximum Gasteiger partial charge on any atom is 0.363 e. The minimum Gasteiger partial charge on any atom is -0.493 e. The van der Waals surface area contributed by atoms with E-state index in [9.17, 15) is 4.79 Å². The quantitative estimate of drug-likeness (QED) is 0.116. The minimum atomic E-state index is -0.494. The van der Waals surface area contributed by atoms with Crippen LogP contribution in [0.2, 0.25) is 0 Å². The Morgan fingerprint density at radius 1 is 0.919 bits per heavy atom. The van der Waals surface area contributed by atoms with E-state index in [0.29, 0.717) is 18.1 Å². The molecule has 0 bridgehead atoms. The van der Waals surface area contributed by atoms with E-state index >= 15 is 0 Å². The molecule has 0 saturated heterocycles. The van der Waals surface area contributed by atoms with Crippen molar-refractivity contribution in [1.29, 1.82) is 0 Å². The average molecular weight is 666 g/mol. The van der Waals surface area contributed by atoms with Gasteiger partial charge >= 0.3 is 5.97 Å².